The quantitative estimate of drug-likeness (QED) is 0.735. The number of Topliss-reactive ketones (excluding diaryl/α,β-unsaturated/α-hetero) is 1. The molecule has 128 valence electrons. The predicted molar refractivity (Wildman–Crippen MR) is 92.5 cm³/mol. The van der Waals surface area contributed by atoms with Crippen molar-refractivity contribution in [2.75, 3.05) is 45.5 Å². The molecule has 23 heavy (non-hydrogen) atoms. The Balaban J connectivity index is 2.20. The molecule has 5 nitrogen and oxygen atoms in total. The van der Waals surface area contributed by atoms with Gasteiger partial charge in [0.1, 0.15) is 0 Å². The molecule has 0 radical (unpaired) electrons. The molecule has 0 amide bonds. The van der Waals surface area contributed by atoms with Crippen molar-refractivity contribution in [3.63, 3.8) is 0 Å². The topological polar surface area (TPSA) is 57.7 Å². The van der Waals surface area contributed by atoms with E-state index in [-0.39, 0.29) is 38.6 Å². The van der Waals surface area contributed by atoms with Gasteiger partial charge in [0.2, 0.25) is 0 Å². The molecule has 0 aromatic heterocycles. The van der Waals surface area contributed by atoms with Crippen molar-refractivity contribution in [3.05, 3.63) is 27.7 Å². The normalized spacial score (nSPS) is 17.4. The van der Waals surface area contributed by atoms with Crippen LogP contribution >= 0.6 is 23.2 Å². The van der Waals surface area contributed by atoms with E-state index in [9.17, 15) is 13.2 Å². The van der Waals surface area contributed by atoms with Gasteiger partial charge in [0.25, 0.3) is 0 Å². The molecular weight excluding hydrogens is 359 g/mol. The average molecular weight is 379 g/mol. The number of ketones is 1. The van der Waals surface area contributed by atoms with E-state index in [0.29, 0.717) is 0 Å². The number of carbonyl (C=O) groups excluding carboxylic acids is 1. The summed E-state index contributed by atoms with van der Waals surface area (Å²) in [4.78, 5) is 16.7. The SMILES string of the molecule is CCS(=O)(=O)c1ccc(C(=O)CN2CCN(C)CC2)c(Cl)c1Cl. The molecule has 8 heteroatoms. The van der Waals surface area contributed by atoms with Crippen LogP contribution in [-0.2, 0) is 9.84 Å². The van der Waals surface area contributed by atoms with Crippen molar-refractivity contribution in [1.82, 2.24) is 9.80 Å². The zero-order valence-electron chi connectivity index (χ0n) is 13.2. The lowest BCUT2D eigenvalue weighted by Crippen LogP contribution is -2.46. The maximum atomic E-state index is 12.5. The van der Waals surface area contributed by atoms with E-state index >= 15 is 0 Å². The lowest BCUT2D eigenvalue weighted by molar-refractivity contribution is 0.0876. The van der Waals surface area contributed by atoms with Gasteiger partial charge in [-0.2, -0.15) is 0 Å². The third kappa shape index (κ3) is 4.25. The largest absolute Gasteiger partial charge is 0.304 e. The molecule has 0 atom stereocenters. The standard InChI is InChI=1S/C15H20Cl2N2O3S/c1-3-23(21,22)13-5-4-11(14(16)15(13)17)12(20)10-19-8-6-18(2)7-9-19/h4-5H,3,6-10H2,1-2H3. The Labute approximate surface area is 147 Å². The van der Waals surface area contributed by atoms with Gasteiger partial charge in [0, 0.05) is 31.7 Å². The molecule has 0 aliphatic carbocycles. The van der Waals surface area contributed by atoms with Crippen LogP contribution < -0.4 is 0 Å². The first-order valence-corrected chi connectivity index (χ1v) is 9.82. The van der Waals surface area contributed by atoms with Gasteiger partial charge in [-0.3, -0.25) is 9.69 Å². The number of rotatable bonds is 5. The maximum Gasteiger partial charge on any atom is 0.179 e. The molecule has 1 aromatic rings. The molecule has 0 bridgehead atoms. The lowest BCUT2D eigenvalue weighted by Gasteiger charge is -2.31. The molecule has 1 fully saturated rings. The fraction of sp³-hybridized carbons (Fsp3) is 0.533. The van der Waals surface area contributed by atoms with Gasteiger partial charge in [0.15, 0.2) is 15.6 Å². The Morgan fingerprint density at radius 2 is 1.74 bits per heavy atom. The van der Waals surface area contributed by atoms with Crippen molar-refractivity contribution < 1.29 is 13.2 Å². The minimum absolute atomic E-state index is 0.0142. The van der Waals surface area contributed by atoms with Crippen LogP contribution in [-0.4, -0.2) is 69.5 Å². The first-order valence-electron chi connectivity index (χ1n) is 7.41. The first kappa shape index (κ1) is 18.7. The summed E-state index contributed by atoms with van der Waals surface area (Å²) < 4.78 is 23.9. The molecular formula is C15H20Cl2N2O3S. The number of piperazine rings is 1. The van der Waals surface area contributed by atoms with Gasteiger partial charge >= 0.3 is 0 Å². The molecule has 0 unspecified atom stereocenters. The second-order valence-corrected chi connectivity index (χ2v) is 8.65. The molecule has 2 rings (SSSR count). The van der Waals surface area contributed by atoms with Gasteiger partial charge in [-0.25, -0.2) is 8.42 Å². The fourth-order valence-corrected chi connectivity index (χ4v) is 4.24. The van der Waals surface area contributed by atoms with Crippen molar-refractivity contribution in [3.8, 4) is 0 Å². The van der Waals surface area contributed by atoms with E-state index in [1.165, 1.54) is 19.1 Å². The number of nitrogens with zero attached hydrogens (tertiary/aromatic N) is 2. The highest BCUT2D eigenvalue weighted by Crippen LogP contribution is 2.33. The first-order chi connectivity index (χ1) is 10.8. The number of benzene rings is 1. The van der Waals surface area contributed by atoms with Gasteiger partial charge in [-0.15, -0.1) is 0 Å². The van der Waals surface area contributed by atoms with Gasteiger partial charge in [-0.1, -0.05) is 30.1 Å². The summed E-state index contributed by atoms with van der Waals surface area (Å²) >= 11 is 12.2. The smallest absolute Gasteiger partial charge is 0.179 e. The van der Waals surface area contributed by atoms with E-state index in [4.69, 9.17) is 23.2 Å². The Morgan fingerprint density at radius 1 is 1.13 bits per heavy atom. The fourth-order valence-electron chi connectivity index (χ4n) is 2.44. The van der Waals surface area contributed by atoms with Gasteiger partial charge in [-0.05, 0) is 19.2 Å². The molecule has 0 spiro atoms. The van der Waals surface area contributed by atoms with Crippen LogP contribution in [0.15, 0.2) is 17.0 Å². The van der Waals surface area contributed by atoms with Crippen LogP contribution in [0, 0.1) is 0 Å². The third-order valence-electron chi connectivity index (χ3n) is 4.03. The number of hydrogen-bond donors (Lipinski definition) is 0. The van der Waals surface area contributed by atoms with Crippen LogP contribution in [0.5, 0.6) is 0 Å². The van der Waals surface area contributed by atoms with Crippen LogP contribution in [0.25, 0.3) is 0 Å². The van der Waals surface area contributed by atoms with Gasteiger partial charge < -0.3 is 4.90 Å². The second kappa shape index (κ2) is 7.49. The van der Waals surface area contributed by atoms with Crippen LogP contribution in [0.2, 0.25) is 10.0 Å². The van der Waals surface area contributed by atoms with Gasteiger partial charge in [0.05, 0.1) is 27.2 Å². The number of carbonyl (C=O) groups is 1. The summed E-state index contributed by atoms with van der Waals surface area (Å²) in [6, 6.07) is 2.82. The molecule has 1 heterocycles. The number of likely N-dealkylation sites (N-methyl/N-ethyl adjacent to an activating group) is 1. The lowest BCUT2D eigenvalue weighted by atomic mass is 10.1. The average Bonchev–Trinajstić information content (AvgIpc) is 2.51. The second-order valence-electron chi connectivity index (χ2n) is 5.65. The summed E-state index contributed by atoms with van der Waals surface area (Å²) in [5.41, 5.74) is 0.269. The molecule has 1 saturated heterocycles. The minimum atomic E-state index is -3.47. The van der Waals surface area contributed by atoms with Crippen molar-refractivity contribution in [2.45, 2.75) is 11.8 Å². The highest BCUT2D eigenvalue weighted by Gasteiger charge is 2.24. The summed E-state index contributed by atoms with van der Waals surface area (Å²) in [6.07, 6.45) is 0. The molecule has 0 N–H and O–H groups in total. The predicted octanol–water partition coefficient (Wildman–Crippen LogP) is 2.22. The van der Waals surface area contributed by atoms with E-state index < -0.39 is 9.84 Å². The highest BCUT2D eigenvalue weighted by atomic mass is 35.5. The molecule has 0 saturated carbocycles. The zero-order chi connectivity index (χ0) is 17.2. The summed E-state index contributed by atoms with van der Waals surface area (Å²) in [5, 5.41) is -0.0573. The Kier molecular flexibility index (Phi) is 6.08. The summed E-state index contributed by atoms with van der Waals surface area (Å²) in [6.45, 7) is 5.24. The summed E-state index contributed by atoms with van der Waals surface area (Å²) in [5.74, 6) is -0.223. The molecule has 1 aromatic carbocycles. The molecule has 1 aliphatic heterocycles. The number of sulfone groups is 1. The van der Waals surface area contributed by atoms with E-state index in [1.807, 2.05) is 7.05 Å². The minimum Gasteiger partial charge on any atom is -0.304 e. The van der Waals surface area contributed by atoms with Crippen LogP contribution in [0.3, 0.4) is 0 Å². The Morgan fingerprint density at radius 3 is 2.30 bits per heavy atom. The maximum absolute atomic E-state index is 12.5. The highest BCUT2D eigenvalue weighted by molar-refractivity contribution is 7.91. The van der Waals surface area contributed by atoms with E-state index in [0.717, 1.165) is 26.2 Å². The van der Waals surface area contributed by atoms with E-state index in [1.54, 1.807) is 0 Å². The third-order valence-corrected chi connectivity index (χ3v) is 6.79. The molecule has 1 aliphatic rings. The number of hydrogen-bond acceptors (Lipinski definition) is 5. The van der Waals surface area contributed by atoms with Crippen LogP contribution in [0.1, 0.15) is 17.3 Å². The zero-order valence-corrected chi connectivity index (χ0v) is 15.5. The number of halogens is 2. The van der Waals surface area contributed by atoms with Crippen LogP contribution in [0.4, 0.5) is 0 Å². The van der Waals surface area contributed by atoms with Crippen molar-refractivity contribution in [2.24, 2.45) is 0 Å². The van der Waals surface area contributed by atoms with Crippen molar-refractivity contribution >= 4 is 38.8 Å². The Hall–Kier alpha value is -0.660. The monoisotopic (exact) mass is 378 g/mol. The Bertz CT molecular complexity index is 699. The van der Waals surface area contributed by atoms with E-state index in [2.05, 4.69) is 9.80 Å². The van der Waals surface area contributed by atoms with Crippen molar-refractivity contribution in [1.29, 1.82) is 0 Å². The summed E-state index contributed by atoms with van der Waals surface area (Å²) in [7, 11) is -1.43.